The van der Waals surface area contributed by atoms with E-state index in [1.165, 1.54) is 12.7 Å². The van der Waals surface area contributed by atoms with E-state index in [1.807, 2.05) is 116 Å². The van der Waals surface area contributed by atoms with E-state index in [1.54, 1.807) is 30.7 Å². The summed E-state index contributed by atoms with van der Waals surface area (Å²) in [7, 11) is 4.80. The number of methoxy groups -OCH3 is 3. The van der Waals surface area contributed by atoms with Gasteiger partial charge < -0.3 is 25.7 Å². The van der Waals surface area contributed by atoms with Crippen LogP contribution in [0.5, 0.6) is 17.2 Å². The van der Waals surface area contributed by atoms with Crippen molar-refractivity contribution in [1.29, 1.82) is 0 Å². The second-order valence-electron chi connectivity index (χ2n) is 18.4. The van der Waals surface area contributed by atoms with Crippen LogP contribution in [0, 0.1) is 13.8 Å². The minimum Gasteiger partial charge on any atom is -0.497 e. The molecule has 0 radical (unpaired) electrons. The molecule has 0 spiro atoms. The van der Waals surface area contributed by atoms with Gasteiger partial charge in [0.1, 0.15) is 65.2 Å². The predicted octanol–water partition coefficient (Wildman–Crippen LogP) is 8.10. The molecule has 12 rings (SSSR count). The van der Waals surface area contributed by atoms with Crippen molar-refractivity contribution in [2.24, 2.45) is 0 Å². The van der Waals surface area contributed by atoms with Gasteiger partial charge in [0.25, 0.3) is 11.1 Å². The average Bonchev–Trinajstić information content (AvgIpc) is 4.33. The van der Waals surface area contributed by atoms with E-state index in [0.717, 1.165) is 53.7 Å². The van der Waals surface area contributed by atoms with Crippen molar-refractivity contribution in [3.05, 3.63) is 135 Å². The maximum atomic E-state index is 13.6. The van der Waals surface area contributed by atoms with Gasteiger partial charge in [-0.1, -0.05) is 12.1 Å². The van der Waals surface area contributed by atoms with Crippen LogP contribution in [-0.2, 0) is 0 Å². The molecule has 0 bridgehead atoms. The summed E-state index contributed by atoms with van der Waals surface area (Å²) >= 11 is 0. The number of ether oxygens (including phenoxy) is 3. The van der Waals surface area contributed by atoms with E-state index >= 15 is 0 Å². The maximum absolute atomic E-state index is 13.6. The third-order valence-electron chi connectivity index (χ3n) is 13.5. The molecule has 0 amide bonds. The fourth-order valence-corrected chi connectivity index (χ4v) is 9.50. The molecule has 10 aromatic rings. The van der Waals surface area contributed by atoms with Gasteiger partial charge in [0.2, 0.25) is 0 Å². The maximum Gasteiger partial charge on any atom is 0.261 e. The molecule has 0 aliphatic heterocycles. The van der Waals surface area contributed by atoms with Crippen molar-refractivity contribution in [2.75, 3.05) is 32.8 Å². The zero-order chi connectivity index (χ0) is 50.1. The van der Waals surface area contributed by atoms with Gasteiger partial charge in [-0.25, -0.2) is 39.3 Å². The number of rotatable bonds is 11. The van der Waals surface area contributed by atoms with Gasteiger partial charge in [-0.05, 0) is 131 Å². The summed E-state index contributed by atoms with van der Waals surface area (Å²) in [4.78, 5) is 54.6. The lowest BCUT2D eigenvalue weighted by Gasteiger charge is -2.19. The highest BCUT2D eigenvalue weighted by atomic mass is 16.5. The van der Waals surface area contributed by atoms with Crippen molar-refractivity contribution in [2.45, 2.75) is 77.5 Å². The number of hydrogen-bond donors (Lipinski definition) is 2. The Bertz CT molecular complexity index is 3890. The molecule has 6 aromatic heterocycles. The highest BCUT2D eigenvalue weighted by Crippen LogP contribution is 2.41. The average molecular weight is 965 g/mol. The van der Waals surface area contributed by atoms with Crippen LogP contribution >= 0.6 is 0 Å². The highest BCUT2D eigenvalue weighted by Gasteiger charge is 2.34. The number of fused-ring (bicyclic) bond motifs is 4. The number of nitrogens with zero attached hydrogens (tertiary/aromatic N) is 12. The molecule has 19 heteroatoms. The molecule has 2 aliphatic rings. The van der Waals surface area contributed by atoms with Gasteiger partial charge in [-0.15, -0.1) is 0 Å². The van der Waals surface area contributed by atoms with Crippen LogP contribution in [0.4, 0.5) is 11.6 Å². The lowest BCUT2D eigenvalue weighted by atomic mass is 10.1. The van der Waals surface area contributed by atoms with Crippen LogP contribution in [0.1, 0.15) is 86.5 Å². The number of anilines is 2. The van der Waals surface area contributed by atoms with Crippen LogP contribution in [0.3, 0.4) is 0 Å². The summed E-state index contributed by atoms with van der Waals surface area (Å²) in [5, 5.41) is 12.4. The molecule has 0 saturated heterocycles. The molecule has 2 atom stereocenters. The largest absolute Gasteiger partial charge is 0.497 e. The normalized spacial score (nSPS) is 14.4. The summed E-state index contributed by atoms with van der Waals surface area (Å²) in [6.45, 7) is 7.96. The lowest BCUT2D eigenvalue weighted by molar-refractivity contribution is 0.355. The molecule has 2 unspecified atom stereocenters. The molecule has 72 heavy (non-hydrogen) atoms. The van der Waals surface area contributed by atoms with Crippen molar-refractivity contribution in [1.82, 2.24) is 58.6 Å². The molecule has 4 aromatic carbocycles. The quantitative estimate of drug-likeness (QED) is 0.125. The zero-order valence-corrected chi connectivity index (χ0v) is 40.9. The Kier molecular flexibility index (Phi) is 11.4. The van der Waals surface area contributed by atoms with Crippen LogP contribution in [0.25, 0.3) is 66.4 Å². The first-order chi connectivity index (χ1) is 34.9. The molecule has 6 heterocycles. The van der Waals surface area contributed by atoms with Crippen molar-refractivity contribution in [3.8, 4) is 39.8 Å². The van der Waals surface area contributed by atoms with Gasteiger partial charge in [-0.3, -0.25) is 18.7 Å². The first kappa shape index (κ1) is 45.7. The highest BCUT2D eigenvalue weighted by molar-refractivity contribution is 5.99. The van der Waals surface area contributed by atoms with Crippen LogP contribution in [0.15, 0.2) is 101 Å². The van der Waals surface area contributed by atoms with Gasteiger partial charge in [-0.2, -0.15) is 10.2 Å². The second kappa shape index (κ2) is 17.9. The summed E-state index contributed by atoms with van der Waals surface area (Å²) in [6.07, 6.45) is 6.68. The molecule has 2 saturated carbocycles. The summed E-state index contributed by atoms with van der Waals surface area (Å²) in [5.41, 5.74) is 20.1. The topological polar surface area (TPSA) is 237 Å². The van der Waals surface area contributed by atoms with E-state index in [-0.39, 0.29) is 29.2 Å². The smallest absolute Gasteiger partial charge is 0.261 e. The van der Waals surface area contributed by atoms with Crippen LogP contribution < -0.4 is 36.8 Å². The Morgan fingerprint density at radius 3 is 1.46 bits per heavy atom. The van der Waals surface area contributed by atoms with E-state index in [9.17, 15) is 9.59 Å². The fraction of sp³-hybridized carbons (Fsp3) is 0.283. The number of aryl methyl sites for hydroxylation is 2. The van der Waals surface area contributed by atoms with Gasteiger partial charge in [0.15, 0.2) is 22.8 Å². The molecule has 19 nitrogen and oxygen atoms in total. The standard InChI is InChI=1S/C27H27N7O3.C26H25N7O2/c1-14-5-9-18-19(11-14)31-25(33(27(18)35)17-7-8-17)15(2)34-26-22(24(28)29-13-30-26)23(32-34)16-6-10-20(36-3)21(12-16)37-4;1-14-4-11-19-20(12-14)30-24(32(26(19)34)17-7-8-17)15(2)33-25-21(23(27)28-13-29-25)22(31-33)16-5-9-18(35-3)10-6-16/h5-6,9-13,15,17H,7-8H2,1-4H3,(H2,28,29,30);4-6,9-13,15,17H,7-8H2,1-3H3,(H2,27,28,29). The van der Waals surface area contributed by atoms with Gasteiger partial charge in [0, 0.05) is 23.2 Å². The molecule has 2 aliphatic carbocycles. The Hall–Kier alpha value is -8.74. The van der Waals surface area contributed by atoms with E-state index in [2.05, 4.69) is 19.9 Å². The second-order valence-corrected chi connectivity index (χ2v) is 18.4. The van der Waals surface area contributed by atoms with Crippen molar-refractivity contribution >= 4 is 55.5 Å². The molecular weight excluding hydrogens is 913 g/mol. The fourth-order valence-electron chi connectivity index (χ4n) is 9.50. The Morgan fingerprint density at radius 1 is 0.556 bits per heavy atom. The van der Waals surface area contributed by atoms with Gasteiger partial charge in [0.05, 0.1) is 53.9 Å². The third kappa shape index (κ3) is 7.86. The van der Waals surface area contributed by atoms with Gasteiger partial charge >= 0.3 is 0 Å². The van der Waals surface area contributed by atoms with Crippen molar-refractivity contribution in [3.63, 3.8) is 0 Å². The third-order valence-corrected chi connectivity index (χ3v) is 13.5. The van der Waals surface area contributed by atoms with Crippen LogP contribution in [0.2, 0.25) is 0 Å². The predicted molar refractivity (Wildman–Crippen MR) is 276 cm³/mol. The Balaban J connectivity index is 0.000000156. The first-order valence-corrected chi connectivity index (χ1v) is 23.8. The summed E-state index contributed by atoms with van der Waals surface area (Å²) < 4.78 is 23.5. The molecule has 4 N–H and O–H groups in total. The Labute approximate surface area is 412 Å². The Morgan fingerprint density at radius 2 is 1.01 bits per heavy atom. The number of nitrogens with two attached hydrogens (primary N) is 2. The van der Waals surface area contributed by atoms with E-state index in [4.69, 9.17) is 45.8 Å². The summed E-state index contributed by atoms with van der Waals surface area (Å²) in [5.74, 6) is 3.90. The first-order valence-electron chi connectivity index (χ1n) is 23.8. The lowest BCUT2D eigenvalue weighted by Crippen LogP contribution is -2.28. The number of aromatic nitrogens is 12. The molecule has 2 fully saturated rings. The minimum absolute atomic E-state index is 0.0136. The van der Waals surface area contributed by atoms with E-state index < -0.39 is 6.04 Å². The monoisotopic (exact) mass is 964 g/mol. The molecular formula is C53H52N14O5. The van der Waals surface area contributed by atoms with E-state index in [0.29, 0.717) is 90.0 Å². The zero-order valence-electron chi connectivity index (χ0n) is 40.9. The minimum atomic E-state index is -0.399. The number of benzene rings is 4. The number of hydrogen-bond acceptors (Lipinski definition) is 15. The summed E-state index contributed by atoms with van der Waals surface area (Å²) in [6, 6.07) is 24.2. The number of nitrogen functional groups attached to an aromatic ring is 2. The van der Waals surface area contributed by atoms with Crippen molar-refractivity contribution < 1.29 is 14.2 Å². The molecule has 364 valence electrons. The van der Waals surface area contributed by atoms with Crippen LogP contribution in [-0.4, -0.2) is 79.9 Å². The SMILES string of the molecule is COc1ccc(-c2nn(C(C)c3nc4cc(C)ccc4c(=O)n3C3CC3)c3ncnc(N)c23)cc1.COc1ccc(-c2nn(C(C)c3nc4cc(C)ccc4c(=O)n3C3CC3)c3ncnc(N)c23)cc1OC.